The lowest BCUT2D eigenvalue weighted by molar-refractivity contribution is -0.309. The molecule has 3 saturated carbocycles. The quantitative estimate of drug-likeness (QED) is 0.613. The normalized spacial score (nSPS) is 37.8. The summed E-state index contributed by atoms with van der Waals surface area (Å²) >= 11 is 0. The number of carbonyl (C=O) groups is 1. The lowest BCUT2D eigenvalue weighted by Crippen LogP contribution is -2.28. The summed E-state index contributed by atoms with van der Waals surface area (Å²) in [5.41, 5.74) is 0.249. The summed E-state index contributed by atoms with van der Waals surface area (Å²) in [6.45, 7) is 0. The van der Waals surface area contributed by atoms with E-state index in [-0.39, 0.29) is 11.3 Å². The summed E-state index contributed by atoms with van der Waals surface area (Å²) in [6, 6.07) is 0. The van der Waals surface area contributed by atoms with E-state index < -0.39 is 5.97 Å². The number of rotatable bonds is 3. The average molecular weight is 165 g/mol. The van der Waals surface area contributed by atoms with Gasteiger partial charge in [-0.15, -0.1) is 0 Å². The highest BCUT2D eigenvalue weighted by Gasteiger charge is 2.68. The Morgan fingerprint density at radius 1 is 1.17 bits per heavy atom. The molecule has 0 aliphatic heterocycles. The number of carbonyl (C=O) groups excluding carboxylic acids is 1. The van der Waals surface area contributed by atoms with E-state index in [1.165, 1.54) is 25.7 Å². The molecule has 0 amide bonds. The third kappa shape index (κ3) is 0.732. The molecule has 0 spiro atoms. The van der Waals surface area contributed by atoms with Gasteiger partial charge in [-0.3, -0.25) is 0 Å². The van der Waals surface area contributed by atoms with E-state index in [0.717, 1.165) is 18.3 Å². The highest BCUT2D eigenvalue weighted by atomic mass is 16.4. The van der Waals surface area contributed by atoms with Gasteiger partial charge in [0.1, 0.15) is 0 Å². The molecule has 3 fully saturated rings. The van der Waals surface area contributed by atoms with Crippen molar-refractivity contribution in [1.29, 1.82) is 0 Å². The van der Waals surface area contributed by atoms with Crippen LogP contribution in [0.5, 0.6) is 0 Å². The van der Waals surface area contributed by atoms with Crippen molar-refractivity contribution >= 4 is 5.97 Å². The molecule has 3 rings (SSSR count). The number of hydrogen-bond donors (Lipinski definition) is 0. The fourth-order valence-corrected chi connectivity index (χ4v) is 3.07. The first kappa shape index (κ1) is 6.93. The molecule has 2 nitrogen and oxygen atoms in total. The Morgan fingerprint density at radius 3 is 1.92 bits per heavy atom. The van der Waals surface area contributed by atoms with Gasteiger partial charge in [0.05, 0.1) is 0 Å². The van der Waals surface area contributed by atoms with Gasteiger partial charge in [-0.25, -0.2) is 0 Å². The van der Waals surface area contributed by atoms with Gasteiger partial charge < -0.3 is 9.90 Å². The summed E-state index contributed by atoms with van der Waals surface area (Å²) in [7, 11) is 0. The number of carboxylic acid groups (broad SMARTS) is 1. The molecule has 66 valence electrons. The zero-order valence-corrected chi connectivity index (χ0v) is 7.08. The molecule has 0 bridgehead atoms. The van der Waals surface area contributed by atoms with Crippen molar-refractivity contribution in [2.75, 3.05) is 0 Å². The first-order chi connectivity index (χ1) is 5.75. The summed E-state index contributed by atoms with van der Waals surface area (Å²) in [5.74, 6) is 0.659. The third-order valence-corrected chi connectivity index (χ3v) is 4.01. The van der Waals surface area contributed by atoms with Gasteiger partial charge in [-0.1, -0.05) is 0 Å². The number of hydrogen-bond acceptors (Lipinski definition) is 2. The van der Waals surface area contributed by atoms with Gasteiger partial charge in [0.25, 0.3) is 0 Å². The molecule has 1 atom stereocenters. The maximum absolute atomic E-state index is 10.7. The second kappa shape index (κ2) is 1.86. The molecule has 0 unspecified atom stereocenters. The van der Waals surface area contributed by atoms with Crippen LogP contribution in [0.1, 0.15) is 32.1 Å². The SMILES string of the molecule is O=C([O-])[C@H]1CC1(C1CC1)C1CC1. The maximum Gasteiger partial charge on any atom is 0.0451 e. The predicted molar refractivity (Wildman–Crippen MR) is 41.0 cm³/mol. The minimum atomic E-state index is -0.784. The lowest BCUT2D eigenvalue weighted by atomic mass is 9.91. The molecule has 0 aromatic carbocycles. The van der Waals surface area contributed by atoms with E-state index in [2.05, 4.69) is 0 Å². The largest absolute Gasteiger partial charge is 0.550 e. The van der Waals surface area contributed by atoms with Crippen LogP contribution in [0.15, 0.2) is 0 Å². The molecule has 0 aromatic rings. The van der Waals surface area contributed by atoms with E-state index in [9.17, 15) is 9.90 Å². The molecular weight excluding hydrogens is 152 g/mol. The zero-order chi connectivity index (χ0) is 8.34. The lowest BCUT2D eigenvalue weighted by Gasteiger charge is -2.15. The molecule has 0 aromatic heterocycles. The molecule has 12 heavy (non-hydrogen) atoms. The highest BCUT2D eigenvalue weighted by Crippen LogP contribution is 2.74. The zero-order valence-electron chi connectivity index (χ0n) is 7.08. The predicted octanol–water partition coefficient (Wildman–Crippen LogP) is 0.563. The Bertz CT molecular complexity index is 226. The molecule has 0 N–H and O–H groups in total. The van der Waals surface area contributed by atoms with Crippen molar-refractivity contribution < 1.29 is 9.90 Å². The number of carboxylic acids is 1. The summed E-state index contributed by atoms with van der Waals surface area (Å²) in [6.07, 6.45) is 6.05. The fourth-order valence-electron chi connectivity index (χ4n) is 3.07. The molecule has 2 heteroatoms. The molecule has 0 radical (unpaired) electrons. The van der Waals surface area contributed by atoms with Gasteiger partial charge in [-0.05, 0) is 49.4 Å². The van der Waals surface area contributed by atoms with Crippen LogP contribution in [-0.2, 0) is 4.79 Å². The summed E-state index contributed by atoms with van der Waals surface area (Å²) in [4.78, 5) is 10.7. The Balaban J connectivity index is 1.82. The van der Waals surface area contributed by atoms with Crippen molar-refractivity contribution in [3.8, 4) is 0 Å². The van der Waals surface area contributed by atoms with Crippen LogP contribution in [0.2, 0.25) is 0 Å². The van der Waals surface area contributed by atoms with E-state index in [4.69, 9.17) is 0 Å². The Labute approximate surface area is 72.0 Å². The van der Waals surface area contributed by atoms with Crippen LogP contribution in [0, 0.1) is 23.2 Å². The third-order valence-electron chi connectivity index (χ3n) is 4.01. The van der Waals surface area contributed by atoms with Crippen molar-refractivity contribution in [3.63, 3.8) is 0 Å². The average Bonchev–Trinajstić information content (AvgIpc) is 2.86. The van der Waals surface area contributed by atoms with Gasteiger partial charge in [0, 0.05) is 11.9 Å². The second-order valence-electron chi connectivity index (χ2n) is 4.74. The van der Waals surface area contributed by atoms with Gasteiger partial charge in [0.2, 0.25) is 0 Å². The standard InChI is InChI=1S/C10H14O2/c11-9(12)8-5-10(8,6-1-2-6)7-3-4-7/h6-8H,1-5H2,(H,11,12)/p-1/t8-/m1/s1. The van der Waals surface area contributed by atoms with Crippen LogP contribution < -0.4 is 5.11 Å². The second-order valence-corrected chi connectivity index (χ2v) is 4.74. The van der Waals surface area contributed by atoms with Crippen LogP contribution in [-0.4, -0.2) is 5.97 Å². The van der Waals surface area contributed by atoms with Crippen LogP contribution >= 0.6 is 0 Å². The summed E-state index contributed by atoms with van der Waals surface area (Å²) < 4.78 is 0. The highest BCUT2D eigenvalue weighted by molar-refractivity contribution is 5.73. The van der Waals surface area contributed by atoms with Gasteiger partial charge in [-0.2, -0.15) is 0 Å². The molecule has 0 heterocycles. The van der Waals surface area contributed by atoms with Gasteiger partial charge in [0.15, 0.2) is 0 Å². The molecule has 3 aliphatic rings. The van der Waals surface area contributed by atoms with E-state index in [0.29, 0.717) is 0 Å². The first-order valence-corrected chi connectivity index (χ1v) is 4.96. The van der Waals surface area contributed by atoms with E-state index >= 15 is 0 Å². The molecule has 0 saturated heterocycles. The first-order valence-electron chi connectivity index (χ1n) is 4.96. The van der Waals surface area contributed by atoms with E-state index in [1.807, 2.05) is 0 Å². The smallest absolute Gasteiger partial charge is 0.0451 e. The Morgan fingerprint density at radius 2 is 1.67 bits per heavy atom. The van der Waals surface area contributed by atoms with Crippen LogP contribution in [0.25, 0.3) is 0 Å². The van der Waals surface area contributed by atoms with Crippen molar-refractivity contribution in [2.45, 2.75) is 32.1 Å². The van der Waals surface area contributed by atoms with Crippen molar-refractivity contribution in [1.82, 2.24) is 0 Å². The van der Waals surface area contributed by atoms with Crippen molar-refractivity contribution in [3.05, 3.63) is 0 Å². The molecule has 3 aliphatic carbocycles. The Hall–Kier alpha value is -0.530. The topological polar surface area (TPSA) is 40.1 Å². The minimum absolute atomic E-state index is 0.0718. The molecular formula is C10H13O2-. The van der Waals surface area contributed by atoms with Gasteiger partial charge >= 0.3 is 0 Å². The van der Waals surface area contributed by atoms with Crippen molar-refractivity contribution in [2.24, 2.45) is 23.2 Å². The van der Waals surface area contributed by atoms with Crippen LogP contribution in [0.3, 0.4) is 0 Å². The van der Waals surface area contributed by atoms with E-state index in [1.54, 1.807) is 0 Å². The fraction of sp³-hybridized carbons (Fsp3) is 0.900. The maximum atomic E-state index is 10.7. The Kier molecular flexibility index (Phi) is 1.07. The monoisotopic (exact) mass is 165 g/mol. The van der Waals surface area contributed by atoms with Crippen LogP contribution in [0.4, 0.5) is 0 Å². The number of aliphatic carboxylic acids is 1. The minimum Gasteiger partial charge on any atom is -0.550 e. The summed E-state index contributed by atoms with van der Waals surface area (Å²) in [5, 5.41) is 10.7.